The summed E-state index contributed by atoms with van der Waals surface area (Å²) in [7, 11) is 0. The Hall–Kier alpha value is -0.0800. The number of ether oxygens (including phenoxy) is 2. The summed E-state index contributed by atoms with van der Waals surface area (Å²) in [6.45, 7) is 2.79. The van der Waals surface area contributed by atoms with Crippen LogP contribution in [-0.2, 0) is 9.47 Å². The SMILES string of the molecule is C1CC2(CCO1)CO2. The van der Waals surface area contributed by atoms with E-state index in [-0.39, 0.29) is 0 Å². The molecule has 46 valence electrons. The van der Waals surface area contributed by atoms with Gasteiger partial charge in [0.1, 0.15) is 0 Å². The second-order valence-electron chi connectivity index (χ2n) is 2.58. The molecular weight excluding hydrogens is 104 g/mol. The summed E-state index contributed by atoms with van der Waals surface area (Å²) in [6, 6.07) is 0. The first-order valence-electron chi connectivity index (χ1n) is 3.13. The average molecular weight is 114 g/mol. The first kappa shape index (κ1) is 4.77. The largest absolute Gasteiger partial charge is 0.381 e. The van der Waals surface area contributed by atoms with Crippen molar-refractivity contribution in [2.24, 2.45) is 0 Å². The van der Waals surface area contributed by atoms with Crippen molar-refractivity contribution in [3.63, 3.8) is 0 Å². The van der Waals surface area contributed by atoms with Crippen LogP contribution in [0.4, 0.5) is 0 Å². The summed E-state index contributed by atoms with van der Waals surface area (Å²) in [5.74, 6) is 0. The molecule has 2 nitrogen and oxygen atoms in total. The van der Waals surface area contributed by atoms with E-state index in [9.17, 15) is 0 Å². The van der Waals surface area contributed by atoms with Crippen molar-refractivity contribution in [2.45, 2.75) is 18.4 Å². The smallest absolute Gasteiger partial charge is 0.0960 e. The van der Waals surface area contributed by atoms with Crippen molar-refractivity contribution in [3.8, 4) is 0 Å². The lowest BCUT2D eigenvalue weighted by Gasteiger charge is -2.17. The quantitative estimate of drug-likeness (QED) is 0.429. The van der Waals surface area contributed by atoms with E-state index in [1.807, 2.05) is 0 Å². The minimum Gasteiger partial charge on any atom is -0.381 e. The van der Waals surface area contributed by atoms with Gasteiger partial charge in [-0.3, -0.25) is 0 Å². The fourth-order valence-corrected chi connectivity index (χ4v) is 1.13. The van der Waals surface area contributed by atoms with Crippen LogP contribution < -0.4 is 0 Å². The molecule has 2 aliphatic rings. The van der Waals surface area contributed by atoms with Gasteiger partial charge in [-0.25, -0.2) is 0 Å². The molecule has 0 aromatic rings. The summed E-state index contributed by atoms with van der Waals surface area (Å²) in [4.78, 5) is 0. The van der Waals surface area contributed by atoms with Crippen LogP contribution in [0.15, 0.2) is 0 Å². The van der Waals surface area contributed by atoms with Gasteiger partial charge in [0.25, 0.3) is 0 Å². The lowest BCUT2D eigenvalue weighted by Crippen LogP contribution is -2.22. The van der Waals surface area contributed by atoms with Crippen molar-refractivity contribution in [2.75, 3.05) is 19.8 Å². The fourth-order valence-electron chi connectivity index (χ4n) is 1.13. The van der Waals surface area contributed by atoms with E-state index < -0.39 is 0 Å². The third-order valence-electron chi connectivity index (χ3n) is 1.96. The van der Waals surface area contributed by atoms with Gasteiger partial charge in [-0.05, 0) is 0 Å². The van der Waals surface area contributed by atoms with E-state index in [1.54, 1.807) is 0 Å². The van der Waals surface area contributed by atoms with Crippen LogP contribution >= 0.6 is 0 Å². The van der Waals surface area contributed by atoms with Crippen molar-refractivity contribution in [1.82, 2.24) is 0 Å². The Balaban J connectivity index is 1.95. The molecule has 0 aliphatic carbocycles. The molecular formula is C6H10O2. The second kappa shape index (κ2) is 1.45. The zero-order valence-electron chi connectivity index (χ0n) is 4.85. The average Bonchev–Trinajstić information content (AvgIpc) is 2.52. The monoisotopic (exact) mass is 114 g/mol. The van der Waals surface area contributed by atoms with E-state index in [0.29, 0.717) is 5.60 Å². The molecule has 2 saturated heterocycles. The lowest BCUT2D eigenvalue weighted by atomic mass is 10.0. The number of epoxide rings is 1. The van der Waals surface area contributed by atoms with Crippen molar-refractivity contribution >= 4 is 0 Å². The van der Waals surface area contributed by atoms with Gasteiger partial charge in [0, 0.05) is 26.1 Å². The number of hydrogen-bond acceptors (Lipinski definition) is 2. The van der Waals surface area contributed by atoms with Crippen molar-refractivity contribution in [3.05, 3.63) is 0 Å². The van der Waals surface area contributed by atoms with E-state index in [4.69, 9.17) is 9.47 Å². The van der Waals surface area contributed by atoms with Gasteiger partial charge in [0.15, 0.2) is 0 Å². The minimum atomic E-state index is 0.304. The molecule has 0 radical (unpaired) electrons. The molecule has 8 heavy (non-hydrogen) atoms. The van der Waals surface area contributed by atoms with Gasteiger partial charge in [-0.1, -0.05) is 0 Å². The van der Waals surface area contributed by atoms with Gasteiger partial charge in [0.2, 0.25) is 0 Å². The van der Waals surface area contributed by atoms with Gasteiger partial charge in [0.05, 0.1) is 12.2 Å². The van der Waals surface area contributed by atoms with Crippen LogP contribution in [0.1, 0.15) is 12.8 Å². The van der Waals surface area contributed by atoms with E-state index in [2.05, 4.69) is 0 Å². The lowest BCUT2D eigenvalue weighted by molar-refractivity contribution is 0.0494. The third-order valence-corrected chi connectivity index (χ3v) is 1.96. The molecule has 0 unspecified atom stereocenters. The number of rotatable bonds is 0. The Morgan fingerprint density at radius 1 is 1.12 bits per heavy atom. The highest BCUT2D eigenvalue weighted by Crippen LogP contribution is 2.36. The van der Waals surface area contributed by atoms with E-state index >= 15 is 0 Å². The van der Waals surface area contributed by atoms with Crippen LogP contribution in [0.2, 0.25) is 0 Å². The van der Waals surface area contributed by atoms with Crippen LogP contribution in [0.5, 0.6) is 0 Å². The predicted molar refractivity (Wildman–Crippen MR) is 28.7 cm³/mol. The summed E-state index contributed by atoms with van der Waals surface area (Å²) < 4.78 is 10.4. The Bertz CT molecular complexity index is 88.7. The highest BCUT2D eigenvalue weighted by molar-refractivity contribution is 4.93. The minimum absolute atomic E-state index is 0.304. The predicted octanol–water partition coefficient (Wildman–Crippen LogP) is 0.566. The normalized spacial score (nSPS) is 33.0. The fraction of sp³-hybridized carbons (Fsp3) is 1.00. The summed E-state index contributed by atoms with van der Waals surface area (Å²) in [5, 5.41) is 0. The molecule has 1 spiro atoms. The van der Waals surface area contributed by atoms with Crippen LogP contribution in [0.3, 0.4) is 0 Å². The standard InChI is InChI=1S/C6H10O2/c1-3-7-4-2-6(1)5-8-6/h1-5H2. The molecule has 0 atom stereocenters. The summed E-state index contributed by atoms with van der Waals surface area (Å²) >= 11 is 0. The molecule has 2 heteroatoms. The van der Waals surface area contributed by atoms with Crippen molar-refractivity contribution in [1.29, 1.82) is 0 Å². The van der Waals surface area contributed by atoms with E-state index in [1.165, 1.54) is 0 Å². The summed E-state index contributed by atoms with van der Waals surface area (Å²) in [5.41, 5.74) is 0.304. The Kier molecular flexibility index (Phi) is 0.866. The van der Waals surface area contributed by atoms with Gasteiger partial charge in [-0.15, -0.1) is 0 Å². The first-order chi connectivity index (χ1) is 3.91. The summed E-state index contributed by atoms with van der Waals surface area (Å²) in [6.07, 6.45) is 2.24. The maximum atomic E-state index is 5.26. The van der Waals surface area contributed by atoms with Gasteiger partial charge >= 0.3 is 0 Å². The second-order valence-corrected chi connectivity index (χ2v) is 2.58. The van der Waals surface area contributed by atoms with Gasteiger partial charge in [-0.2, -0.15) is 0 Å². The zero-order chi connectivity index (χ0) is 5.45. The molecule has 0 aromatic heterocycles. The van der Waals surface area contributed by atoms with E-state index in [0.717, 1.165) is 32.7 Å². The van der Waals surface area contributed by atoms with Crippen LogP contribution in [0.25, 0.3) is 0 Å². The zero-order valence-corrected chi connectivity index (χ0v) is 4.85. The van der Waals surface area contributed by atoms with Gasteiger partial charge < -0.3 is 9.47 Å². The Labute approximate surface area is 48.8 Å². The van der Waals surface area contributed by atoms with Crippen LogP contribution in [0, 0.1) is 0 Å². The Morgan fingerprint density at radius 3 is 2.12 bits per heavy atom. The maximum Gasteiger partial charge on any atom is 0.0960 e. The molecule has 0 amide bonds. The highest BCUT2D eigenvalue weighted by Gasteiger charge is 2.45. The van der Waals surface area contributed by atoms with Crippen LogP contribution in [-0.4, -0.2) is 25.4 Å². The molecule has 2 aliphatic heterocycles. The topological polar surface area (TPSA) is 21.8 Å². The molecule has 0 bridgehead atoms. The molecule has 0 saturated carbocycles. The molecule has 2 rings (SSSR count). The molecule has 2 fully saturated rings. The highest BCUT2D eigenvalue weighted by atomic mass is 16.6. The number of hydrogen-bond donors (Lipinski definition) is 0. The maximum absolute atomic E-state index is 5.26. The first-order valence-corrected chi connectivity index (χ1v) is 3.13. The molecule has 2 heterocycles. The third kappa shape index (κ3) is 0.644. The molecule has 0 N–H and O–H groups in total. The molecule has 0 aromatic carbocycles. The van der Waals surface area contributed by atoms with Crippen molar-refractivity contribution < 1.29 is 9.47 Å². The Morgan fingerprint density at radius 2 is 1.75 bits per heavy atom.